The average Bonchev–Trinajstić information content (AvgIpc) is 3.09. The number of benzene rings is 1. The van der Waals surface area contributed by atoms with Gasteiger partial charge in [-0.25, -0.2) is 9.97 Å². The molecular formula is C17H19F3N5O5PS. The molecule has 10 nitrogen and oxygen atoms in total. The lowest BCUT2D eigenvalue weighted by molar-refractivity contribution is -0.191. The monoisotopic (exact) mass is 493 g/mol. The van der Waals surface area contributed by atoms with E-state index < -0.39 is 26.2 Å². The van der Waals surface area contributed by atoms with Gasteiger partial charge in [-0.15, -0.1) is 0 Å². The summed E-state index contributed by atoms with van der Waals surface area (Å²) in [7, 11) is -4.59. The fourth-order valence-corrected chi connectivity index (χ4v) is 4.38. The summed E-state index contributed by atoms with van der Waals surface area (Å²) < 4.78 is 60.0. The van der Waals surface area contributed by atoms with Crippen molar-refractivity contribution in [3.05, 3.63) is 30.6 Å². The van der Waals surface area contributed by atoms with Gasteiger partial charge in [0.15, 0.2) is 11.8 Å². The van der Waals surface area contributed by atoms with Crippen LogP contribution in [0.1, 0.15) is 6.92 Å². The van der Waals surface area contributed by atoms with Gasteiger partial charge in [-0.05, 0) is 31.2 Å². The molecule has 0 spiro atoms. The van der Waals surface area contributed by atoms with Crippen LogP contribution in [-0.2, 0) is 20.4 Å². The Morgan fingerprint density at radius 3 is 2.62 bits per heavy atom. The SMILES string of the molecule is CC(OP(=O)(O)COCCn1cnc2c(Sc3ccc(O)cc3)nc(N)nc21)C(F)(F)F. The van der Waals surface area contributed by atoms with Crippen molar-refractivity contribution in [2.45, 2.75) is 35.7 Å². The first-order chi connectivity index (χ1) is 14.9. The Kier molecular flexibility index (Phi) is 7.30. The van der Waals surface area contributed by atoms with Crippen molar-refractivity contribution in [2.75, 3.05) is 18.7 Å². The molecule has 15 heteroatoms. The molecule has 174 valence electrons. The van der Waals surface area contributed by atoms with E-state index in [0.29, 0.717) is 23.1 Å². The first kappa shape index (κ1) is 24.3. The third kappa shape index (κ3) is 6.33. The minimum Gasteiger partial charge on any atom is -0.508 e. The van der Waals surface area contributed by atoms with Gasteiger partial charge in [-0.2, -0.15) is 18.2 Å². The summed E-state index contributed by atoms with van der Waals surface area (Å²) >= 11 is 1.26. The van der Waals surface area contributed by atoms with Crippen LogP contribution >= 0.6 is 19.4 Å². The van der Waals surface area contributed by atoms with Crippen LogP contribution in [0.25, 0.3) is 11.2 Å². The summed E-state index contributed by atoms with van der Waals surface area (Å²) in [5, 5.41) is 9.88. The van der Waals surface area contributed by atoms with E-state index in [-0.39, 0.29) is 24.8 Å². The van der Waals surface area contributed by atoms with Gasteiger partial charge in [-0.3, -0.25) is 9.09 Å². The fourth-order valence-electron chi connectivity index (χ4n) is 2.48. The molecule has 0 radical (unpaired) electrons. The van der Waals surface area contributed by atoms with Crippen LogP contribution < -0.4 is 5.73 Å². The Morgan fingerprint density at radius 2 is 1.97 bits per heavy atom. The molecule has 0 aliphatic carbocycles. The summed E-state index contributed by atoms with van der Waals surface area (Å²) in [6.45, 7) is 0.646. The van der Waals surface area contributed by atoms with Gasteiger partial charge >= 0.3 is 13.8 Å². The molecule has 0 bridgehead atoms. The number of aromatic hydroxyl groups is 1. The van der Waals surface area contributed by atoms with Gasteiger partial charge in [0.25, 0.3) is 0 Å². The first-order valence-corrected chi connectivity index (χ1v) is 11.6. The Hall–Kier alpha value is -2.38. The first-order valence-electron chi connectivity index (χ1n) is 9.04. The number of rotatable bonds is 9. The van der Waals surface area contributed by atoms with Gasteiger partial charge in [0.1, 0.15) is 22.6 Å². The number of nitrogen functional groups attached to an aromatic ring is 1. The maximum atomic E-state index is 12.5. The molecule has 2 unspecified atom stereocenters. The van der Waals surface area contributed by atoms with Crippen molar-refractivity contribution in [3.63, 3.8) is 0 Å². The Morgan fingerprint density at radius 1 is 1.28 bits per heavy atom. The summed E-state index contributed by atoms with van der Waals surface area (Å²) in [5.41, 5.74) is 6.63. The largest absolute Gasteiger partial charge is 0.508 e. The number of halogens is 3. The molecule has 0 saturated heterocycles. The average molecular weight is 493 g/mol. The van der Waals surface area contributed by atoms with Crippen molar-refractivity contribution in [1.82, 2.24) is 19.5 Å². The second kappa shape index (κ2) is 9.63. The number of phenolic OH excluding ortho intramolecular Hbond substituents is 1. The maximum Gasteiger partial charge on any atom is 0.414 e. The molecule has 0 aliphatic heterocycles. The molecule has 0 amide bonds. The fraction of sp³-hybridized carbons (Fsp3) is 0.353. The van der Waals surface area contributed by atoms with Crippen molar-refractivity contribution in [2.24, 2.45) is 0 Å². The van der Waals surface area contributed by atoms with Crippen LogP contribution in [0, 0.1) is 0 Å². The summed E-state index contributed by atoms with van der Waals surface area (Å²) in [6.07, 6.45) is -6.62. The number of phenols is 1. The lowest BCUT2D eigenvalue weighted by atomic mass is 10.3. The molecule has 2 aromatic heterocycles. The third-order valence-corrected chi connectivity index (χ3v) is 6.16. The van der Waals surface area contributed by atoms with Gasteiger partial charge in [-0.1, -0.05) is 11.8 Å². The van der Waals surface area contributed by atoms with Crippen molar-refractivity contribution in [1.29, 1.82) is 0 Å². The molecule has 0 aliphatic rings. The number of alkyl halides is 3. The number of aromatic nitrogens is 4. The van der Waals surface area contributed by atoms with Crippen LogP contribution in [0.3, 0.4) is 0 Å². The summed E-state index contributed by atoms with van der Waals surface area (Å²) in [6, 6.07) is 6.45. The number of imidazole rings is 1. The predicted octanol–water partition coefficient (Wildman–Crippen LogP) is 3.39. The molecule has 2 atom stereocenters. The smallest absolute Gasteiger partial charge is 0.414 e. The van der Waals surface area contributed by atoms with Gasteiger partial charge in [0, 0.05) is 11.4 Å². The highest BCUT2D eigenvalue weighted by atomic mass is 32.2. The molecule has 1 aromatic carbocycles. The normalized spacial score (nSPS) is 15.0. The van der Waals surface area contributed by atoms with E-state index >= 15 is 0 Å². The van der Waals surface area contributed by atoms with Crippen molar-refractivity contribution in [3.8, 4) is 5.75 Å². The van der Waals surface area contributed by atoms with E-state index in [4.69, 9.17) is 10.5 Å². The predicted molar refractivity (Wildman–Crippen MR) is 109 cm³/mol. The zero-order valence-electron chi connectivity index (χ0n) is 16.6. The van der Waals surface area contributed by atoms with Gasteiger partial charge in [0.2, 0.25) is 5.95 Å². The van der Waals surface area contributed by atoms with E-state index in [0.717, 1.165) is 4.90 Å². The number of anilines is 1. The highest BCUT2D eigenvalue weighted by molar-refractivity contribution is 7.99. The second-order valence-electron chi connectivity index (χ2n) is 6.56. The van der Waals surface area contributed by atoms with Crippen molar-refractivity contribution < 1.29 is 37.0 Å². The van der Waals surface area contributed by atoms with Gasteiger partial charge < -0.3 is 25.0 Å². The topological polar surface area (TPSA) is 146 Å². The molecule has 3 rings (SSSR count). The quantitative estimate of drug-likeness (QED) is 0.230. The molecule has 0 fully saturated rings. The van der Waals surface area contributed by atoms with E-state index in [1.54, 1.807) is 16.7 Å². The van der Waals surface area contributed by atoms with Crippen molar-refractivity contribution >= 4 is 36.5 Å². The third-order valence-electron chi connectivity index (χ3n) is 4.02. The van der Waals surface area contributed by atoms with Crippen LogP contribution in [0.15, 0.2) is 40.5 Å². The number of hydrogen-bond donors (Lipinski definition) is 3. The lowest BCUT2D eigenvalue weighted by Crippen LogP contribution is -2.28. The molecule has 2 heterocycles. The Labute approximate surface area is 184 Å². The summed E-state index contributed by atoms with van der Waals surface area (Å²) in [5.74, 6) is 0.118. The van der Waals surface area contributed by atoms with Gasteiger partial charge in [0.05, 0.1) is 12.9 Å². The van der Waals surface area contributed by atoms with E-state index in [1.165, 1.54) is 30.2 Å². The van der Waals surface area contributed by atoms with Crippen LogP contribution in [-0.4, -0.2) is 54.8 Å². The Bertz CT molecular complexity index is 1130. The molecule has 3 aromatic rings. The molecule has 4 N–H and O–H groups in total. The highest BCUT2D eigenvalue weighted by Gasteiger charge is 2.41. The van der Waals surface area contributed by atoms with E-state index in [2.05, 4.69) is 19.5 Å². The Balaban J connectivity index is 1.64. The number of fused-ring (bicyclic) bond motifs is 1. The number of hydrogen-bond acceptors (Lipinski definition) is 9. The number of ether oxygens (including phenoxy) is 1. The molecular weight excluding hydrogens is 474 g/mol. The van der Waals surface area contributed by atoms with Crippen LogP contribution in [0.5, 0.6) is 5.75 Å². The molecule has 0 saturated carbocycles. The maximum absolute atomic E-state index is 12.5. The van der Waals surface area contributed by atoms with Crippen LogP contribution in [0.4, 0.5) is 19.1 Å². The minimum absolute atomic E-state index is 0.00385. The zero-order chi connectivity index (χ0) is 23.5. The second-order valence-corrected chi connectivity index (χ2v) is 9.36. The number of nitrogens with two attached hydrogens (primary N) is 1. The molecule has 32 heavy (non-hydrogen) atoms. The van der Waals surface area contributed by atoms with Crippen LogP contribution in [0.2, 0.25) is 0 Å². The highest BCUT2D eigenvalue weighted by Crippen LogP contribution is 2.45. The lowest BCUT2D eigenvalue weighted by Gasteiger charge is -2.20. The minimum atomic E-state index is -4.76. The van der Waals surface area contributed by atoms with E-state index in [9.17, 15) is 27.7 Å². The summed E-state index contributed by atoms with van der Waals surface area (Å²) in [4.78, 5) is 22.9. The zero-order valence-corrected chi connectivity index (χ0v) is 18.3. The van der Waals surface area contributed by atoms with E-state index in [1.807, 2.05) is 0 Å². The number of nitrogens with zero attached hydrogens (tertiary/aromatic N) is 4. The standard InChI is InChI=1S/C17H19F3N5O5PS/c1-10(17(18,19)20)30-31(27,28)9-29-7-6-25-8-22-13-14(25)23-16(21)24-15(13)32-12-4-2-11(26)3-5-12/h2-5,8,10,26H,6-7,9H2,1H3,(H,27,28)(H2,21,23,24).